The molecule has 4 nitrogen and oxygen atoms in total. The van der Waals surface area contributed by atoms with E-state index in [0.29, 0.717) is 0 Å². The molecule has 0 aliphatic heterocycles. The fraction of sp³-hybridized carbons (Fsp3) is 0.286. The van der Waals surface area contributed by atoms with Crippen molar-refractivity contribution in [1.29, 1.82) is 0 Å². The van der Waals surface area contributed by atoms with Gasteiger partial charge >= 0.3 is 0 Å². The van der Waals surface area contributed by atoms with E-state index in [4.69, 9.17) is 9.15 Å². The van der Waals surface area contributed by atoms with Gasteiger partial charge in [0.05, 0.1) is 19.3 Å². The van der Waals surface area contributed by atoms with Gasteiger partial charge in [0.25, 0.3) is 0 Å². The number of furan rings is 1. The lowest BCUT2D eigenvalue weighted by atomic mass is 10.1. The molecule has 130 valence electrons. The molecule has 1 N–H and O–H groups in total. The highest BCUT2D eigenvalue weighted by molar-refractivity contribution is 5.95. The molecular formula is C21H23NO3. The lowest BCUT2D eigenvalue weighted by Gasteiger charge is -2.08. The highest BCUT2D eigenvalue weighted by Crippen LogP contribution is 2.23. The fourth-order valence-corrected chi connectivity index (χ4v) is 2.68. The van der Waals surface area contributed by atoms with Crippen molar-refractivity contribution in [3.8, 4) is 5.75 Å². The molecule has 0 aliphatic carbocycles. The van der Waals surface area contributed by atoms with E-state index < -0.39 is 0 Å². The Morgan fingerprint density at radius 3 is 2.72 bits per heavy atom. The summed E-state index contributed by atoms with van der Waals surface area (Å²) >= 11 is 0. The molecule has 0 bridgehead atoms. The van der Waals surface area contributed by atoms with Crippen molar-refractivity contribution in [2.45, 2.75) is 33.1 Å². The number of carbonyl (C=O) groups is 1. The Morgan fingerprint density at radius 2 is 1.96 bits per heavy atom. The van der Waals surface area contributed by atoms with Crippen molar-refractivity contribution >= 4 is 22.6 Å². The van der Waals surface area contributed by atoms with Gasteiger partial charge in [-0.05, 0) is 49.7 Å². The van der Waals surface area contributed by atoms with Gasteiger partial charge in [0.15, 0.2) is 0 Å². The van der Waals surface area contributed by atoms with E-state index >= 15 is 0 Å². The highest BCUT2D eigenvalue weighted by atomic mass is 16.5. The minimum absolute atomic E-state index is 0.0659. The molecule has 1 amide bonds. The lowest BCUT2D eigenvalue weighted by Crippen LogP contribution is -2.14. The van der Waals surface area contributed by atoms with Crippen molar-refractivity contribution in [2.24, 2.45) is 0 Å². The molecule has 0 spiro atoms. The Bertz CT molecular complexity index is 849. The van der Waals surface area contributed by atoms with Crippen molar-refractivity contribution in [3.05, 3.63) is 59.9 Å². The standard InChI is InChI=1S/C21H23NO3/c1-3-4-11-24-18-8-6-17(7-9-18)22-21(23)13-16-14-25-20-10-5-15(2)12-19(16)20/h5-10,12,14H,3-4,11,13H2,1-2H3,(H,22,23). The first-order valence-electron chi connectivity index (χ1n) is 8.65. The predicted octanol–water partition coefficient (Wildman–Crippen LogP) is 5.10. The third-order valence-corrected chi connectivity index (χ3v) is 4.06. The van der Waals surface area contributed by atoms with Crippen LogP contribution in [0.25, 0.3) is 11.0 Å². The Labute approximate surface area is 147 Å². The van der Waals surface area contributed by atoms with Gasteiger partial charge in [-0.15, -0.1) is 0 Å². The second-order valence-electron chi connectivity index (χ2n) is 6.21. The number of rotatable bonds is 7. The molecule has 0 radical (unpaired) electrons. The first-order valence-corrected chi connectivity index (χ1v) is 8.65. The number of hydrogen-bond donors (Lipinski definition) is 1. The zero-order valence-corrected chi connectivity index (χ0v) is 14.7. The number of anilines is 1. The van der Waals surface area contributed by atoms with Gasteiger partial charge in [0, 0.05) is 16.6 Å². The van der Waals surface area contributed by atoms with E-state index in [2.05, 4.69) is 12.2 Å². The van der Waals surface area contributed by atoms with Crippen molar-refractivity contribution in [3.63, 3.8) is 0 Å². The van der Waals surface area contributed by atoms with Gasteiger partial charge < -0.3 is 14.5 Å². The maximum atomic E-state index is 12.3. The maximum absolute atomic E-state index is 12.3. The van der Waals surface area contributed by atoms with Gasteiger partial charge in [-0.25, -0.2) is 0 Å². The average Bonchev–Trinajstić information content (AvgIpc) is 2.99. The van der Waals surface area contributed by atoms with E-state index in [0.717, 1.165) is 53.0 Å². The third-order valence-electron chi connectivity index (χ3n) is 4.06. The zero-order valence-electron chi connectivity index (χ0n) is 14.7. The fourth-order valence-electron chi connectivity index (χ4n) is 2.68. The number of amides is 1. The molecule has 0 unspecified atom stereocenters. The number of carbonyl (C=O) groups excluding carboxylic acids is 1. The quantitative estimate of drug-likeness (QED) is 0.610. The van der Waals surface area contributed by atoms with Crippen LogP contribution in [0.3, 0.4) is 0 Å². The summed E-state index contributed by atoms with van der Waals surface area (Å²) in [7, 11) is 0. The van der Waals surface area contributed by atoms with E-state index in [9.17, 15) is 4.79 Å². The summed E-state index contributed by atoms with van der Waals surface area (Å²) < 4.78 is 11.1. The molecular weight excluding hydrogens is 314 g/mol. The van der Waals surface area contributed by atoms with Crippen LogP contribution in [0.1, 0.15) is 30.9 Å². The third kappa shape index (κ3) is 4.41. The van der Waals surface area contributed by atoms with Crippen LogP contribution in [0, 0.1) is 6.92 Å². The largest absolute Gasteiger partial charge is 0.494 e. The number of nitrogens with one attached hydrogen (secondary N) is 1. The van der Waals surface area contributed by atoms with Crippen molar-refractivity contribution < 1.29 is 13.9 Å². The Morgan fingerprint density at radius 1 is 1.16 bits per heavy atom. The van der Waals surface area contributed by atoms with Crippen LogP contribution in [0.4, 0.5) is 5.69 Å². The topological polar surface area (TPSA) is 51.5 Å². The SMILES string of the molecule is CCCCOc1ccc(NC(=O)Cc2coc3ccc(C)cc23)cc1. The first-order chi connectivity index (χ1) is 12.2. The molecule has 1 aromatic heterocycles. The lowest BCUT2D eigenvalue weighted by molar-refractivity contribution is -0.115. The highest BCUT2D eigenvalue weighted by Gasteiger charge is 2.11. The van der Waals surface area contributed by atoms with Gasteiger partial charge in [-0.2, -0.15) is 0 Å². The molecule has 25 heavy (non-hydrogen) atoms. The summed E-state index contributed by atoms with van der Waals surface area (Å²) in [6.45, 7) is 4.88. The first kappa shape index (κ1) is 17.1. The summed E-state index contributed by atoms with van der Waals surface area (Å²) in [6, 6.07) is 13.4. The summed E-state index contributed by atoms with van der Waals surface area (Å²) in [5.41, 5.74) is 3.61. The Balaban J connectivity index is 1.61. The molecule has 3 aromatic rings. The summed E-state index contributed by atoms with van der Waals surface area (Å²) in [5, 5.41) is 3.91. The number of unbranched alkanes of at least 4 members (excludes halogenated alkanes) is 1. The molecule has 0 atom stereocenters. The number of aryl methyl sites for hydroxylation is 1. The molecule has 0 saturated heterocycles. The minimum atomic E-state index is -0.0659. The van der Waals surface area contributed by atoms with Crippen LogP contribution in [0.15, 0.2) is 53.1 Å². The second-order valence-corrected chi connectivity index (χ2v) is 6.21. The molecule has 0 saturated carbocycles. The predicted molar refractivity (Wildman–Crippen MR) is 100 cm³/mol. The van der Waals surface area contributed by atoms with Gasteiger partial charge in [-0.3, -0.25) is 4.79 Å². The van der Waals surface area contributed by atoms with Crippen LogP contribution in [-0.2, 0) is 11.2 Å². The van der Waals surface area contributed by atoms with E-state index in [1.54, 1.807) is 6.26 Å². The maximum Gasteiger partial charge on any atom is 0.228 e. The molecule has 0 fully saturated rings. The summed E-state index contributed by atoms with van der Waals surface area (Å²) in [6.07, 6.45) is 4.09. The molecule has 2 aromatic carbocycles. The molecule has 3 rings (SSSR count). The Kier molecular flexibility index (Phi) is 5.39. The van der Waals surface area contributed by atoms with E-state index in [1.807, 2.05) is 49.4 Å². The summed E-state index contributed by atoms with van der Waals surface area (Å²) in [4.78, 5) is 12.3. The summed E-state index contributed by atoms with van der Waals surface area (Å²) in [5.74, 6) is 0.756. The van der Waals surface area contributed by atoms with Crippen LogP contribution in [0.2, 0.25) is 0 Å². The van der Waals surface area contributed by atoms with Gasteiger partial charge in [-0.1, -0.05) is 25.0 Å². The average molecular weight is 337 g/mol. The molecule has 0 aliphatic rings. The van der Waals surface area contributed by atoms with E-state index in [-0.39, 0.29) is 12.3 Å². The monoisotopic (exact) mass is 337 g/mol. The van der Waals surface area contributed by atoms with Crippen LogP contribution < -0.4 is 10.1 Å². The minimum Gasteiger partial charge on any atom is -0.494 e. The number of hydrogen-bond acceptors (Lipinski definition) is 3. The molecule has 1 heterocycles. The van der Waals surface area contributed by atoms with Gasteiger partial charge in [0.1, 0.15) is 11.3 Å². The van der Waals surface area contributed by atoms with Crippen LogP contribution in [0.5, 0.6) is 5.75 Å². The second kappa shape index (κ2) is 7.88. The molecule has 4 heteroatoms. The number of fused-ring (bicyclic) bond motifs is 1. The Hall–Kier alpha value is -2.75. The number of ether oxygens (including phenoxy) is 1. The van der Waals surface area contributed by atoms with E-state index in [1.165, 1.54) is 0 Å². The van der Waals surface area contributed by atoms with Crippen molar-refractivity contribution in [2.75, 3.05) is 11.9 Å². The smallest absolute Gasteiger partial charge is 0.228 e. The normalized spacial score (nSPS) is 10.8. The van der Waals surface area contributed by atoms with Crippen molar-refractivity contribution in [1.82, 2.24) is 0 Å². The zero-order chi connectivity index (χ0) is 17.6. The van der Waals surface area contributed by atoms with Gasteiger partial charge in [0.2, 0.25) is 5.91 Å². The van der Waals surface area contributed by atoms with Crippen LogP contribution in [-0.4, -0.2) is 12.5 Å². The number of benzene rings is 2. The van der Waals surface area contributed by atoms with Crippen LogP contribution >= 0.6 is 0 Å².